The Hall–Kier alpha value is -3.44. The second kappa shape index (κ2) is 7.76. The number of piperazine rings is 1. The normalized spacial score (nSPS) is 21.3. The monoisotopic (exact) mass is 402 g/mol. The van der Waals surface area contributed by atoms with Gasteiger partial charge in [0.2, 0.25) is 0 Å². The molecule has 0 saturated carbocycles. The van der Waals surface area contributed by atoms with Gasteiger partial charge in [0.1, 0.15) is 17.5 Å². The van der Waals surface area contributed by atoms with Crippen molar-refractivity contribution in [3.05, 3.63) is 54.1 Å². The van der Waals surface area contributed by atoms with E-state index in [0.29, 0.717) is 17.6 Å². The molecule has 4 heterocycles. The molecule has 8 nitrogen and oxygen atoms in total. The van der Waals surface area contributed by atoms with Crippen LogP contribution in [0.4, 0.5) is 5.82 Å². The molecule has 2 aromatic heterocycles. The van der Waals surface area contributed by atoms with Crippen molar-refractivity contribution in [3.63, 3.8) is 0 Å². The van der Waals surface area contributed by atoms with Crippen LogP contribution in [0.2, 0.25) is 0 Å². The van der Waals surface area contributed by atoms with E-state index in [1.54, 1.807) is 19.5 Å². The van der Waals surface area contributed by atoms with E-state index in [4.69, 9.17) is 9.26 Å². The van der Waals surface area contributed by atoms with Crippen molar-refractivity contribution in [2.24, 2.45) is 0 Å². The molecule has 0 spiro atoms. The first-order chi connectivity index (χ1) is 14.8. The van der Waals surface area contributed by atoms with Crippen LogP contribution in [0.15, 0.2) is 47.2 Å². The van der Waals surface area contributed by atoms with Crippen LogP contribution in [-0.4, -0.2) is 52.8 Å². The molecule has 2 aliphatic heterocycles. The Morgan fingerprint density at radius 1 is 1.17 bits per heavy atom. The van der Waals surface area contributed by atoms with E-state index in [1.165, 1.54) is 0 Å². The van der Waals surface area contributed by atoms with Gasteiger partial charge in [-0.15, -0.1) is 0 Å². The highest BCUT2D eigenvalue weighted by molar-refractivity contribution is 5.59. The van der Waals surface area contributed by atoms with Crippen molar-refractivity contribution in [1.29, 1.82) is 5.26 Å². The Morgan fingerprint density at radius 2 is 2.07 bits per heavy atom. The number of fused-ring (bicyclic) bond motifs is 1. The average Bonchev–Trinajstić information content (AvgIpc) is 3.45. The van der Waals surface area contributed by atoms with Crippen LogP contribution in [0.3, 0.4) is 0 Å². The molecule has 8 heteroatoms. The summed E-state index contributed by atoms with van der Waals surface area (Å²) in [5.41, 5.74) is 2.32. The standard InChI is InChI=1S/C22H22N6O2/c1-29-17-4-2-3-15(11-17)21-12-18(26-30-21)20-6-5-16-14-27(9-10-28(16)20)22-19(13-23)24-7-8-25-22/h2-4,7-8,11-12,16,20H,5-6,9-10,14H2,1H3/t16-,20+/m1/s1. The first kappa shape index (κ1) is 18.6. The molecule has 0 amide bonds. The summed E-state index contributed by atoms with van der Waals surface area (Å²) in [5.74, 6) is 2.23. The predicted molar refractivity (Wildman–Crippen MR) is 110 cm³/mol. The van der Waals surface area contributed by atoms with Crippen molar-refractivity contribution < 1.29 is 9.26 Å². The summed E-state index contributed by atoms with van der Waals surface area (Å²) in [6.45, 7) is 2.53. The minimum absolute atomic E-state index is 0.248. The summed E-state index contributed by atoms with van der Waals surface area (Å²) >= 11 is 0. The Labute approximate surface area is 174 Å². The van der Waals surface area contributed by atoms with Gasteiger partial charge < -0.3 is 14.2 Å². The molecule has 0 N–H and O–H groups in total. The molecule has 2 saturated heterocycles. The maximum atomic E-state index is 9.34. The lowest BCUT2D eigenvalue weighted by Gasteiger charge is -2.40. The quantitative estimate of drug-likeness (QED) is 0.658. The fourth-order valence-corrected chi connectivity index (χ4v) is 4.56. The van der Waals surface area contributed by atoms with Crippen molar-refractivity contribution in [1.82, 2.24) is 20.0 Å². The van der Waals surface area contributed by atoms with Crippen molar-refractivity contribution in [2.45, 2.75) is 24.9 Å². The highest BCUT2D eigenvalue weighted by Gasteiger charge is 2.40. The number of nitrogens with zero attached hydrogens (tertiary/aromatic N) is 6. The lowest BCUT2D eigenvalue weighted by Crippen LogP contribution is -2.51. The van der Waals surface area contributed by atoms with Gasteiger partial charge >= 0.3 is 0 Å². The Kier molecular flexibility index (Phi) is 4.81. The number of nitriles is 1. The number of benzene rings is 1. The van der Waals surface area contributed by atoms with Gasteiger partial charge in [-0.2, -0.15) is 5.26 Å². The lowest BCUT2D eigenvalue weighted by atomic mass is 10.1. The number of aromatic nitrogens is 3. The molecule has 0 radical (unpaired) electrons. The van der Waals surface area contributed by atoms with Gasteiger partial charge in [-0.05, 0) is 25.0 Å². The maximum Gasteiger partial charge on any atom is 0.183 e. The molecule has 0 aliphatic carbocycles. The van der Waals surface area contributed by atoms with Crippen molar-refractivity contribution in [2.75, 3.05) is 31.6 Å². The molecule has 2 aliphatic rings. The summed E-state index contributed by atoms with van der Waals surface area (Å²) in [6, 6.07) is 12.7. The number of anilines is 1. The molecular weight excluding hydrogens is 380 g/mol. The molecule has 1 aromatic carbocycles. The number of hydrogen-bond donors (Lipinski definition) is 0. The highest BCUT2D eigenvalue weighted by Crippen LogP contribution is 2.39. The third-order valence-corrected chi connectivity index (χ3v) is 6.01. The zero-order valence-electron chi connectivity index (χ0n) is 16.7. The van der Waals surface area contributed by atoms with Crippen LogP contribution in [0.5, 0.6) is 5.75 Å². The third kappa shape index (κ3) is 3.27. The number of ether oxygens (including phenoxy) is 1. The summed E-state index contributed by atoms with van der Waals surface area (Å²) in [5, 5.41) is 13.7. The Morgan fingerprint density at radius 3 is 2.93 bits per heavy atom. The first-order valence-electron chi connectivity index (χ1n) is 10.1. The van der Waals surface area contributed by atoms with Gasteiger partial charge in [0.15, 0.2) is 17.3 Å². The van der Waals surface area contributed by atoms with Gasteiger partial charge in [0.25, 0.3) is 0 Å². The Balaban J connectivity index is 1.32. The average molecular weight is 402 g/mol. The number of hydrogen-bond acceptors (Lipinski definition) is 8. The van der Waals surface area contributed by atoms with Gasteiger partial charge in [0, 0.05) is 49.7 Å². The minimum atomic E-state index is 0.248. The topological polar surface area (TPSA) is 91.3 Å². The molecule has 2 atom stereocenters. The summed E-state index contributed by atoms with van der Waals surface area (Å²) in [6.07, 6.45) is 5.32. The van der Waals surface area contributed by atoms with Gasteiger partial charge in [-0.1, -0.05) is 17.3 Å². The van der Waals surface area contributed by atoms with E-state index in [2.05, 4.69) is 31.0 Å². The van der Waals surface area contributed by atoms with E-state index in [9.17, 15) is 5.26 Å². The lowest BCUT2D eigenvalue weighted by molar-refractivity contribution is 0.170. The smallest absolute Gasteiger partial charge is 0.183 e. The van der Waals surface area contributed by atoms with E-state index in [0.717, 1.165) is 55.2 Å². The van der Waals surface area contributed by atoms with Crippen LogP contribution >= 0.6 is 0 Å². The molecule has 152 valence electrons. The zero-order valence-corrected chi connectivity index (χ0v) is 16.7. The zero-order chi connectivity index (χ0) is 20.5. The van der Waals surface area contributed by atoms with Crippen LogP contribution in [0.25, 0.3) is 11.3 Å². The van der Waals surface area contributed by atoms with E-state index in [1.807, 2.05) is 30.3 Å². The summed E-state index contributed by atoms with van der Waals surface area (Å²) in [4.78, 5) is 13.2. The molecule has 30 heavy (non-hydrogen) atoms. The maximum absolute atomic E-state index is 9.34. The van der Waals surface area contributed by atoms with E-state index < -0.39 is 0 Å². The fraction of sp³-hybridized carbons (Fsp3) is 0.364. The third-order valence-electron chi connectivity index (χ3n) is 6.01. The van der Waals surface area contributed by atoms with Crippen LogP contribution in [0, 0.1) is 11.3 Å². The van der Waals surface area contributed by atoms with Gasteiger partial charge in [-0.25, -0.2) is 9.97 Å². The first-order valence-corrected chi connectivity index (χ1v) is 10.1. The molecule has 0 unspecified atom stereocenters. The van der Waals surface area contributed by atoms with E-state index in [-0.39, 0.29) is 6.04 Å². The highest BCUT2D eigenvalue weighted by atomic mass is 16.5. The molecule has 0 bridgehead atoms. The summed E-state index contributed by atoms with van der Waals surface area (Å²) in [7, 11) is 1.66. The largest absolute Gasteiger partial charge is 0.497 e. The van der Waals surface area contributed by atoms with Crippen molar-refractivity contribution >= 4 is 5.82 Å². The number of methoxy groups -OCH3 is 1. The van der Waals surface area contributed by atoms with Crippen LogP contribution < -0.4 is 9.64 Å². The fourth-order valence-electron chi connectivity index (χ4n) is 4.56. The van der Waals surface area contributed by atoms with Crippen LogP contribution in [0.1, 0.15) is 30.3 Å². The van der Waals surface area contributed by atoms with Gasteiger partial charge in [0.05, 0.1) is 13.2 Å². The molecule has 2 fully saturated rings. The SMILES string of the molecule is COc1cccc(-c2cc([C@@H]3CC[C@@H]4CN(c5nccnc5C#N)CCN43)no2)c1. The van der Waals surface area contributed by atoms with Crippen LogP contribution in [-0.2, 0) is 0 Å². The predicted octanol–water partition coefficient (Wildman–Crippen LogP) is 3.04. The van der Waals surface area contributed by atoms with E-state index >= 15 is 0 Å². The minimum Gasteiger partial charge on any atom is -0.497 e. The number of rotatable bonds is 4. The molecular formula is C22H22N6O2. The molecule has 5 rings (SSSR count). The Bertz CT molecular complexity index is 1090. The van der Waals surface area contributed by atoms with Gasteiger partial charge in [-0.3, -0.25) is 4.90 Å². The second-order valence-corrected chi connectivity index (χ2v) is 7.62. The summed E-state index contributed by atoms with van der Waals surface area (Å²) < 4.78 is 11.0. The molecule has 3 aromatic rings. The van der Waals surface area contributed by atoms with Crippen molar-refractivity contribution in [3.8, 4) is 23.1 Å². The second-order valence-electron chi connectivity index (χ2n) is 7.62.